The van der Waals surface area contributed by atoms with Crippen molar-refractivity contribution >= 4 is 22.9 Å². The standard InChI is InChI=1S/C14H12/c1-3-7-13-11(5-1)9-10-12-6-2-4-8-14(12)13/h1,3,5-10H,2,4H2. The molecule has 3 rings (SSSR count). The van der Waals surface area contributed by atoms with Crippen molar-refractivity contribution < 1.29 is 0 Å². The average molecular weight is 180 g/mol. The Morgan fingerprint density at radius 1 is 0.786 bits per heavy atom. The van der Waals surface area contributed by atoms with Gasteiger partial charge in [-0.1, -0.05) is 48.6 Å². The summed E-state index contributed by atoms with van der Waals surface area (Å²) in [5.74, 6) is 0. The average Bonchev–Trinajstić information content (AvgIpc) is 2.29. The minimum atomic E-state index is 1.18. The van der Waals surface area contributed by atoms with E-state index in [0.29, 0.717) is 0 Å². The molecule has 1 aliphatic rings. The molecule has 2 aromatic rings. The highest BCUT2D eigenvalue weighted by Gasteiger charge is 1.97. The topological polar surface area (TPSA) is 0 Å². The summed E-state index contributed by atoms with van der Waals surface area (Å²) >= 11 is 0. The first kappa shape index (κ1) is 7.81. The van der Waals surface area contributed by atoms with Crippen LogP contribution in [0, 0.1) is 0 Å². The molecular weight excluding hydrogens is 168 g/mol. The molecule has 0 heterocycles. The third-order valence-electron chi connectivity index (χ3n) is 2.88. The van der Waals surface area contributed by atoms with Gasteiger partial charge in [0.15, 0.2) is 0 Å². The van der Waals surface area contributed by atoms with E-state index in [9.17, 15) is 0 Å². The third-order valence-corrected chi connectivity index (χ3v) is 2.88. The molecule has 0 nitrogen and oxygen atoms in total. The molecule has 1 aliphatic carbocycles. The van der Waals surface area contributed by atoms with Gasteiger partial charge in [-0.15, -0.1) is 0 Å². The maximum absolute atomic E-state index is 2.36. The fraction of sp³-hybridized carbons (Fsp3) is 0.143. The second-order valence-electron chi connectivity index (χ2n) is 3.78. The zero-order chi connectivity index (χ0) is 9.38. The highest BCUT2D eigenvalue weighted by atomic mass is 14.0. The van der Waals surface area contributed by atoms with Gasteiger partial charge in [0, 0.05) is 0 Å². The Morgan fingerprint density at radius 2 is 1.64 bits per heavy atom. The predicted octanol–water partition coefficient (Wildman–Crippen LogP) is 2.19. The van der Waals surface area contributed by atoms with Crippen LogP contribution in [0.1, 0.15) is 12.8 Å². The molecule has 0 fully saturated rings. The van der Waals surface area contributed by atoms with Gasteiger partial charge in [-0.25, -0.2) is 0 Å². The number of hydrogen-bond acceptors (Lipinski definition) is 0. The molecular formula is C14H12. The molecule has 0 N–H and O–H groups in total. The maximum atomic E-state index is 2.36. The summed E-state index contributed by atoms with van der Waals surface area (Å²) in [6.07, 6.45) is 7.06. The second kappa shape index (κ2) is 2.98. The van der Waals surface area contributed by atoms with Gasteiger partial charge in [0.1, 0.15) is 0 Å². The van der Waals surface area contributed by atoms with Crippen molar-refractivity contribution in [3.8, 4) is 0 Å². The van der Waals surface area contributed by atoms with Crippen LogP contribution in [0.2, 0.25) is 0 Å². The first-order valence-corrected chi connectivity index (χ1v) is 5.13. The first-order chi connectivity index (χ1) is 6.95. The van der Waals surface area contributed by atoms with Gasteiger partial charge in [-0.3, -0.25) is 0 Å². The van der Waals surface area contributed by atoms with Crippen molar-refractivity contribution in [3.05, 3.63) is 46.8 Å². The van der Waals surface area contributed by atoms with Gasteiger partial charge >= 0.3 is 0 Å². The molecule has 14 heavy (non-hydrogen) atoms. The van der Waals surface area contributed by atoms with E-state index < -0.39 is 0 Å². The van der Waals surface area contributed by atoms with Crippen molar-refractivity contribution in [2.24, 2.45) is 0 Å². The van der Waals surface area contributed by atoms with Crippen molar-refractivity contribution in [2.75, 3.05) is 0 Å². The van der Waals surface area contributed by atoms with E-state index in [0.717, 1.165) is 0 Å². The molecule has 0 unspecified atom stereocenters. The molecule has 0 aromatic heterocycles. The fourth-order valence-corrected chi connectivity index (χ4v) is 2.18. The van der Waals surface area contributed by atoms with Crippen LogP contribution in [0.3, 0.4) is 0 Å². The second-order valence-corrected chi connectivity index (χ2v) is 3.78. The molecule has 0 radical (unpaired) electrons. The Hall–Kier alpha value is -1.56. The number of benzene rings is 2. The van der Waals surface area contributed by atoms with Crippen LogP contribution in [0.4, 0.5) is 0 Å². The van der Waals surface area contributed by atoms with E-state index in [1.807, 2.05) is 0 Å². The molecule has 0 aliphatic heterocycles. The Labute approximate surface area is 83.2 Å². The Balaban J connectivity index is 2.60. The van der Waals surface area contributed by atoms with Gasteiger partial charge in [0.25, 0.3) is 0 Å². The van der Waals surface area contributed by atoms with Gasteiger partial charge < -0.3 is 0 Å². The number of fused-ring (bicyclic) bond motifs is 3. The van der Waals surface area contributed by atoms with Crippen molar-refractivity contribution in [1.82, 2.24) is 0 Å². The summed E-state index contributed by atoms with van der Waals surface area (Å²) < 4.78 is 0. The normalized spacial score (nSPS) is 14.3. The summed E-state index contributed by atoms with van der Waals surface area (Å²) in [6.45, 7) is 0. The largest absolute Gasteiger partial charge is 0.0763 e. The van der Waals surface area contributed by atoms with E-state index in [-0.39, 0.29) is 0 Å². The van der Waals surface area contributed by atoms with Crippen molar-refractivity contribution in [2.45, 2.75) is 12.8 Å². The zero-order valence-corrected chi connectivity index (χ0v) is 8.03. The highest BCUT2D eigenvalue weighted by molar-refractivity contribution is 5.84. The SMILES string of the molecule is C1=c2ccc3ccccc3c2=CCC1. The summed E-state index contributed by atoms with van der Waals surface area (Å²) in [5.41, 5.74) is 0. The smallest absolute Gasteiger partial charge is 0.0109 e. The van der Waals surface area contributed by atoms with Gasteiger partial charge in [-0.05, 0) is 34.1 Å². The molecule has 0 heteroatoms. The summed E-state index contributed by atoms with van der Waals surface area (Å²) in [4.78, 5) is 0. The molecule has 2 aromatic carbocycles. The Morgan fingerprint density at radius 3 is 2.64 bits per heavy atom. The lowest BCUT2D eigenvalue weighted by Gasteiger charge is -2.03. The van der Waals surface area contributed by atoms with Crippen molar-refractivity contribution in [1.29, 1.82) is 0 Å². The van der Waals surface area contributed by atoms with Crippen LogP contribution in [0.5, 0.6) is 0 Å². The first-order valence-electron chi connectivity index (χ1n) is 5.13. The van der Waals surface area contributed by atoms with Crippen LogP contribution in [-0.2, 0) is 0 Å². The monoisotopic (exact) mass is 180 g/mol. The van der Waals surface area contributed by atoms with Crippen LogP contribution in [0.25, 0.3) is 22.9 Å². The molecule has 0 spiro atoms. The molecule has 0 bridgehead atoms. The quantitative estimate of drug-likeness (QED) is 0.583. The zero-order valence-electron chi connectivity index (χ0n) is 8.03. The Bertz CT molecular complexity index is 591. The summed E-state index contributed by atoms with van der Waals surface area (Å²) in [7, 11) is 0. The molecule has 0 saturated carbocycles. The van der Waals surface area contributed by atoms with Gasteiger partial charge in [0.2, 0.25) is 0 Å². The van der Waals surface area contributed by atoms with E-state index in [1.165, 1.54) is 34.1 Å². The fourth-order valence-electron chi connectivity index (χ4n) is 2.18. The summed E-state index contributed by atoms with van der Waals surface area (Å²) in [5, 5.41) is 5.56. The molecule has 0 atom stereocenters. The van der Waals surface area contributed by atoms with Crippen LogP contribution < -0.4 is 10.4 Å². The number of rotatable bonds is 0. The molecule has 68 valence electrons. The van der Waals surface area contributed by atoms with E-state index in [2.05, 4.69) is 48.6 Å². The lowest BCUT2D eigenvalue weighted by Crippen LogP contribution is -2.26. The minimum Gasteiger partial charge on any atom is -0.0763 e. The lowest BCUT2D eigenvalue weighted by molar-refractivity contribution is 1.12. The molecule has 0 amide bonds. The Kier molecular flexibility index (Phi) is 1.66. The number of hydrogen-bond donors (Lipinski definition) is 0. The predicted molar refractivity (Wildman–Crippen MR) is 61.4 cm³/mol. The summed E-state index contributed by atoms with van der Waals surface area (Å²) in [6, 6.07) is 13.0. The lowest BCUT2D eigenvalue weighted by atomic mass is 10.0. The van der Waals surface area contributed by atoms with E-state index in [1.54, 1.807) is 0 Å². The van der Waals surface area contributed by atoms with Gasteiger partial charge in [-0.2, -0.15) is 0 Å². The van der Waals surface area contributed by atoms with Crippen molar-refractivity contribution in [3.63, 3.8) is 0 Å². The minimum absolute atomic E-state index is 1.18. The van der Waals surface area contributed by atoms with Crippen LogP contribution in [0.15, 0.2) is 36.4 Å². The van der Waals surface area contributed by atoms with Gasteiger partial charge in [0.05, 0.1) is 0 Å². The third kappa shape index (κ3) is 1.07. The van der Waals surface area contributed by atoms with Crippen LogP contribution in [-0.4, -0.2) is 0 Å². The maximum Gasteiger partial charge on any atom is -0.0109 e. The molecule has 0 saturated heterocycles. The van der Waals surface area contributed by atoms with E-state index >= 15 is 0 Å². The van der Waals surface area contributed by atoms with E-state index in [4.69, 9.17) is 0 Å². The highest BCUT2D eigenvalue weighted by Crippen LogP contribution is 2.08. The van der Waals surface area contributed by atoms with Crippen LogP contribution >= 0.6 is 0 Å².